The molecule has 0 fully saturated rings. The van der Waals surface area contributed by atoms with Crippen LogP contribution in [0.4, 0.5) is 20.2 Å². The van der Waals surface area contributed by atoms with Gasteiger partial charge >= 0.3 is 0 Å². The number of nitrogens with one attached hydrogen (secondary N) is 1. The van der Waals surface area contributed by atoms with E-state index < -0.39 is 39.8 Å². The fourth-order valence-corrected chi connectivity index (χ4v) is 4.90. The first-order valence-corrected chi connectivity index (χ1v) is 11.5. The van der Waals surface area contributed by atoms with Gasteiger partial charge in [0, 0.05) is 11.1 Å². The van der Waals surface area contributed by atoms with Crippen LogP contribution in [-0.4, -0.2) is 28.0 Å². The lowest BCUT2D eigenvalue weighted by Crippen LogP contribution is -2.38. The van der Waals surface area contributed by atoms with Gasteiger partial charge in [-0.2, -0.15) is 0 Å². The summed E-state index contributed by atoms with van der Waals surface area (Å²) >= 11 is 6.20. The fraction of sp³-hybridized carbons (Fsp3) is 0.174. The third-order valence-electron chi connectivity index (χ3n) is 4.82. The van der Waals surface area contributed by atoms with Gasteiger partial charge < -0.3 is 10.1 Å². The topological polar surface area (TPSA) is 75.7 Å². The minimum atomic E-state index is -4.33. The lowest BCUT2D eigenvalue weighted by atomic mass is 10.2. The van der Waals surface area contributed by atoms with Crippen molar-refractivity contribution in [3.8, 4) is 5.75 Å². The van der Waals surface area contributed by atoms with Crippen molar-refractivity contribution in [1.82, 2.24) is 0 Å². The second kappa shape index (κ2) is 9.76. The van der Waals surface area contributed by atoms with Gasteiger partial charge in [-0.05, 0) is 61.4 Å². The monoisotopic (exact) mass is 494 g/mol. The Morgan fingerprint density at radius 3 is 2.45 bits per heavy atom. The third kappa shape index (κ3) is 5.43. The van der Waals surface area contributed by atoms with Gasteiger partial charge in [-0.15, -0.1) is 0 Å². The van der Waals surface area contributed by atoms with Crippen LogP contribution in [0.25, 0.3) is 0 Å². The maximum absolute atomic E-state index is 14.0. The Balaban J connectivity index is 2.06. The predicted molar refractivity (Wildman–Crippen MR) is 123 cm³/mol. The van der Waals surface area contributed by atoms with Gasteiger partial charge in [0.25, 0.3) is 10.0 Å². The van der Waals surface area contributed by atoms with Gasteiger partial charge in [0.2, 0.25) is 5.91 Å². The van der Waals surface area contributed by atoms with Crippen LogP contribution in [0.3, 0.4) is 0 Å². The number of hydrogen-bond acceptors (Lipinski definition) is 4. The van der Waals surface area contributed by atoms with E-state index in [0.717, 1.165) is 22.5 Å². The second-order valence-corrected chi connectivity index (χ2v) is 9.51. The number of methoxy groups -OCH3 is 1. The van der Waals surface area contributed by atoms with Crippen molar-refractivity contribution in [3.63, 3.8) is 0 Å². The van der Waals surface area contributed by atoms with Crippen LogP contribution in [0, 0.1) is 25.5 Å². The molecule has 0 saturated carbocycles. The van der Waals surface area contributed by atoms with E-state index in [9.17, 15) is 22.0 Å². The highest BCUT2D eigenvalue weighted by molar-refractivity contribution is 7.93. The molecule has 0 atom stereocenters. The highest BCUT2D eigenvalue weighted by Crippen LogP contribution is 2.32. The zero-order valence-electron chi connectivity index (χ0n) is 18.0. The van der Waals surface area contributed by atoms with E-state index in [2.05, 4.69) is 5.32 Å². The molecule has 1 N–H and O–H groups in total. The summed E-state index contributed by atoms with van der Waals surface area (Å²) in [7, 11) is -3.00. The predicted octanol–water partition coefficient (Wildman–Crippen LogP) is 5.08. The van der Waals surface area contributed by atoms with Crippen molar-refractivity contribution in [2.45, 2.75) is 18.7 Å². The minimum Gasteiger partial charge on any atom is -0.495 e. The molecule has 33 heavy (non-hydrogen) atoms. The van der Waals surface area contributed by atoms with Crippen LogP contribution < -0.4 is 14.4 Å². The third-order valence-corrected chi connectivity index (χ3v) is 7.02. The summed E-state index contributed by atoms with van der Waals surface area (Å²) < 4.78 is 60.8. The molecule has 0 aliphatic heterocycles. The molecular weight excluding hydrogens is 474 g/mol. The molecule has 1 amide bonds. The first kappa shape index (κ1) is 24.5. The average Bonchev–Trinajstić information content (AvgIpc) is 2.76. The Morgan fingerprint density at radius 1 is 1.06 bits per heavy atom. The molecule has 3 aromatic rings. The van der Waals surface area contributed by atoms with E-state index in [-0.39, 0.29) is 16.3 Å². The van der Waals surface area contributed by atoms with Gasteiger partial charge in [0.1, 0.15) is 28.8 Å². The molecule has 0 aromatic heterocycles. The van der Waals surface area contributed by atoms with E-state index in [0.29, 0.717) is 16.1 Å². The van der Waals surface area contributed by atoms with Crippen molar-refractivity contribution in [2.24, 2.45) is 0 Å². The summed E-state index contributed by atoms with van der Waals surface area (Å²) in [5.41, 5.74) is 1.07. The molecule has 3 aromatic carbocycles. The summed E-state index contributed by atoms with van der Waals surface area (Å²) in [6.45, 7) is 2.73. The molecular formula is C23H21ClF2N2O4S. The Labute approximate surface area is 195 Å². The zero-order chi connectivity index (χ0) is 24.3. The van der Waals surface area contributed by atoms with Gasteiger partial charge in [-0.25, -0.2) is 17.2 Å². The molecule has 0 unspecified atom stereocenters. The van der Waals surface area contributed by atoms with Crippen molar-refractivity contribution < 1.29 is 26.7 Å². The summed E-state index contributed by atoms with van der Waals surface area (Å²) in [5.74, 6) is -2.42. The standard InChI is InChI=1S/C23H21ClF2N2O4S/c1-14-4-9-21(32-3)22(10-14)33(30,31)28(17-7-5-15(2)18(24)12-17)13-23(29)27-20-11-16(25)6-8-19(20)26/h4-12H,13H2,1-3H3,(H,27,29). The largest absolute Gasteiger partial charge is 0.495 e. The quantitative estimate of drug-likeness (QED) is 0.497. The Hall–Kier alpha value is -3.17. The number of carbonyl (C=O) groups excluding carboxylic acids is 1. The number of carbonyl (C=O) groups is 1. The maximum atomic E-state index is 14.0. The van der Waals surface area contributed by atoms with Gasteiger partial charge in [-0.1, -0.05) is 23.7 Å². The van der Waals surface area contributed by atoms with Crippen molar-refractivity contribution in [3.05, 3.63) is 82.4 Å². The number of sulfonamides is 1. The molecule has 0 aliphatic rings. The number of ether oxygens (including phenoxy) is 1. The summed E-state index contributed by atoms with van der Waals surface area (Å²) in [6.07, 6.45) is 0. The van der Waals surface area contributed by atoms with E-state index >= 15 is 0 Å². The van der Waals surface area contributed by atoms with E-state index in [1.54, 1.807) is 26.0 Å². The number of hydrogen-bond donors (Lipinski definition) is 1. The summed E-state index contributed by atoms with van der Waals surface area (Å²) in [6, 6.07) is 11.7. The number of halogens is 3. The number of benzene rings is 3. The van der Waals surface area contributed by atoms with E-state index in [4.69, 9.17) is 16.3 Å². The van der Waals surface area contributed by atoms with Crippen LogP contribution in [0.5, 0.6) is 5.75 Å². The van der Waals surface area contributed by atoms with Crippen LogP contribution in [0.2, 0.25) is 5.02 Å². The van der Waals surface area contributed by atoms with Crippen molar-refractivity contribution in [2.75, 3.05) is 23.3 Å². The first-order valence-electron chi connectivity index (χ1n) is 9.71. The summed E-state index contributed by atoms with van der Waals surface area (Å²) in [4.78, 5) is 12.6. The molecule has 0 radical (unpaired) electrons. The van der Waals surface area contributed by atoms with Crippen LogP contribution in [0.15, 0.2) is 59.5 Å². The van der Waals surface area contributed by atoms with E-state index in [1.807, 2.05) is 0 Å². The zero-order valence-corrected chi connectivity index (χ0v) is 19.6. The first-order chi connectivity index (χ1) is 15.5. The van der Waals surface area contributed by atoms with E-state index in [1.165, 1.54) is 31.4 Å². The average molecular weight is 495 g/mol. The normalized spacial score (nSPS) is 11.2. The SMILES string of the molecule is COc1ccc(C)cc1S(=O)(=O)N(CC(=O)Nc1cc(F)ccc1F)c1ccc(C)c(Cl)c1. The van der Waals surface area contributed by atoms with Crippen molar-refractivity contribution in [1.29, 1.82) is 0 Å². The minimum absolute atomic E-state index is 0.0837. The number of rotatable bonds is 7. The Kier molecular flexibility index (Phi) is 7.24. The maximum Gasteiger partial charge on any atom is 0.268 e. The fourth-order valence-electron chi connectivity index (χ4n) is 3.07. The molecule has 0 saturated heterocycles. The second-order valence-electron chi connectivity index (χ2n) is 7.27. The van der Waals surface area contributed by atoms with Crippen LogP contribution in [-0.2, 0) is 14.8 Å². The molecule has 6 nitrogen and oxygen atoms in total. The van der Waals surface area contributed by atoms with Crippen LogP contribution in [0.1, 0.15) is 11.1 Å². The number of amides is 1. The molecule has 3 rings (SSSR count). The number of anilines is 2. The van der Waals surface area contributed by atoms with Gasteiger partial charge in [0.05, 0.1) is 18.5 Å². The highest BCUT2D eigenvalue weighted by atomic mass is 35.5. The smallest absolute Gasteiger partial charge is 0.268 e. The lowest BCUT2D eigenvalue weighted by molar-refractivity contribution is -0.114. The number of aryl methyl sites for hydroxylation is 2. The van der Waals surface area contributed by atoms with Crippen molar-refractivity contribution >= 4 is 38.9 Å². The molecule has 0 spiro atoms. The molecule has 0 aliphatic carbocycles. The van der Waals surface area contributed by atoms with Gasteiger partial charge in [-0.3, -0.25) is 9.10 Å². The highest BCUT2D eigenvalue weighted by Gasteiger charge is 2.30. The lowest BCUT2D eigenvalue weighted by Gasteiger charge is -2.25. The molecule has 0 bridgehead atoms. The Morgan fingerprint density at radius 2 is 1.79 bits per heavy atom. The molecule has 10 heteroatoms. The van der Waals surface area contributed by atoms with Gasteiger partial charge in [0.15, 0.2) is 0 Å². The molecule has 174 valence electrons. The van der Waals surface area contributed by atoms with Crippen LogP contribution >= 0.6 is 11.6 Å². The molecule has 0 heterocycles. The Bertz CT molecular complexity index is 1320. The summed E-state index contributed by atoms with van der Waals surface area (Å²) in [5, 5.41) is 2.51. The number of nitrogens with zero attached hydrogens (tertiary/aromatic N) is 1.